The van der Waals surface area contributed by atoms with Crippen molar-refractivity contribution in [3.05, 3.63) is 50.7 Å². The normalized spacial score (nSPS) is 10.4. The lowest BCUT2D eigenvalue weighted by Crippen LogP contribution is -2.12. The van der Waals surface area contributed by atoms with E-state index in [-0.39, 0.29) is 17.4 Å². The number of rotatable bonds is 5. The van der Waals surface area contributed by atoms with E-state index in [1.165, 1.54) is 13.3 Å². The molecule has 8 heteroatoms. The van der Waals surface area contributed by atoms with Crippen LogP contribution in [0.15, 0.2) is 24.4 Å². The van der Waals surface area contributed by atoms with Gasteiger partial charge in [-0.2, -0.15) is 4.68 Å². The fourth-order valence-electron chi connectivity index (χ4n) is 1.85. The van der Waals surface area contributed by atoms with Crippen LogP contribution in [0.4, 0.5) is 5.82 Å². The van der Waals surface area contributed by atoms with Crippen molar-refractivity contribution < 1.29 is 14.5 Å². The average molecular weight is 310 g/mol. The first-order valence-electron chi connectivity index (χ1n) is 5.97. The van der Waals surface area contributed by atoms with Gasteiger partial charge in [-0.15, -0.1) is 0 Å². The Balaban J connectivity index is 2.26. The molecule has 0 aliphatic heterocycles. The van der Waals surface area contributed by atoms with Crippen molar-refractivity contribution in [2.75, 3.05) is 7.11 Å². The first kappa shape index (κ1) is 15.0. The molecule has 110 valence electrons. The molecule has 0 bridgehead atoms. The number of Topliss-reactive ketones (excluding diaryl/α,β-unsaturated/α-hetero) is 1. The van der Waals surface area contributed by atoms with E-state index >= 15 is 0 Å². The van der Waals surface area contributed by atoms with E-state index in [0.717, 1.165) is 10.2 Å². The highest BCUT2D eigenvalue weighted by Crippen LogP contribution is 2.23. The lowest BCUT2D eigenvalue weighted by molar-refractivity contribution is -0.389. The Hall–Kier alpha value is -2.41. The summed E-state index contributed by atoms with van der Waals surface area (Å²) >= 11 is 5.69. The minimum absolute atomic E-state index is 0.108. The smallest absolute Gasteiger partial charge is 0.408 e. The molecule has 1 aromatic heterocycles. The van der Waals surface area contributed by atoms with Crippen LogP contribution < -0.4 is 4.74 Å². The highest BCUT2D eigenvalue weighted by Gasteiger charge is 2.21. The zero-order valence-corrected chi connectivity index (χ0v) is 12.1. The zero-order valence-electron chi connectivity index (χ0n) is 11.4. The van der Waals surface area contributed by atoms with Crippen LogP contribution in [0.2, 0.25) is 5.02 Å². The van der Waals surface area contributed by atoms with Crippen molar-refractivity contribution in [2.24, 2.45) is 0 Å². The summed E-state index contributed by atoms with van der Waals surface area (Å²) in [7, 11) is 1.47. The number of hydrogen-bond acceptors (Lipinski definition) is 5. The summed E-state index contributed by atoms with van der Waals surface area (Å²) in [4.78, 5) is 22.2. The first-order chi connectivity index (χ1) is 9.92. The zero-order chi connectivity index (χ0) is 15.6. The second kappa shape index (κ2) is 5.92. The molecular weight excluding hydrogens is 298 g/mol. The Morgan fingerprint density at radius 1 is 1.52 bits per heavy atom. The lowest BCUT2D eigenvalue weighted by atomic mass is 10.1. The van der Waals surface area contributed by atoms with Gasteiger partial charge >= 0.3 is 5.82 Å². The van der Waals surface area contributed by atoms with E-state index in [2.05, 4.69) is 5.10 Å². The number of methoxy groups -OCH3 is 1. The molecule has 2 aromatic rings. The van der Waals surface area contributed by atoms with Gasteiger partial charge in [0.15, 0.2) is 10.8 Å². The highest BCUT2D eigenvalue weighted by molar-refractivity contribution is 6.32. The minimum Gasteiger partial charge on any atom is -0.496 e. The first-order valence-corrected chi connectivity index (χ1v) is 6.35. The van der Waals surface area contributed by atoms with Gasteiger partial charge in [0.25, 0.3) is 0 Å². The lowest BCUT2D eigenvalue weighted by Gasteiger charge is -2.07. The third kappa shape index (κ3) is 3.19. The van der Waals surface area contributed by atoms with E-state index in [4.69, 9.17) is 16.3 Å². The van der Waals surface area contributed by atoms with Gasteiger partial charge in [0.2, 0.25) is 0 Å². The van der Waals surface area contributed by atoms with Crippen LogP contribution >= 0.6 is 11.6 Å². The predicted octanol–water partition coefficient (Wildman–Crippen LogP) is 2.64. The molecular formula is C13H12ClN3O4. The molecule has 1 aromatic carbocycles. The van der Waals surface area contributed by atoms with Crippen LogP contribution in [0.3, 0.4) is 0 Å². The maximum Gasteiger partial charge on any atom is 0.408 e. The largest absolute Gasteiger partial charge is 0.496 e. The number of ether oxygens (including phenoxy) is 1. The molecule has 21 heavy (non-hydrogen) atoms. The fourth-order valence-corrected chi connectivity index (χ4v) is 2.07. The van der Waals surface area contributed by atoms with Crippen molar-refractivity contribution in [1.82, 2.24) is 9.78 Å². The molecule has 0 N–H and O–H groups in total. The molecule has 0 atom stereocenters. The monoisotopic (exact) mass is 309 g/mol. The number of halogens is 1. The van der Waals surface area contributed by atoms with Gasteiger partial charge in [-0.1, -0.05) is 17.7 Å². The Bertz CT molecular complexity index is 711. The molecule has 0 amide bonds. The van der Waals surface area contributed by atoms with Gasteiger partial charge < -0.3 is 14.9 Å². The van der Waals surface area contributed by atoms with Crippen LogP contribution in [0.25, 0.3) is 0 Å². The van der Waals surface area contributed by atoms with Gasteiger partial charge in [0.05, 0.1) is 24.0 Å². The molecule has 0 saturated carbocycles. The van der Waals surface area contributed by atoms with Crippen molar-refractivity contribution in [3.63, 3.8) is 0 Å². The van der Waals surface area contributed by atoms with Gasteiger partial charge in [0, 0.05) is 0 Å². The third-order valence-electron chi connectivity index (χ3n) is 2.84. The molecule has 0 radical (unpaired) electrons. The second-order valence-electron chi connectivity index (χ2n) is 4.38. The van der Waals surface area contributed by atoms with Crippen molar-refractivity contribution in [1.29, 1.82) is 0 Å². The molecule has 0 spiro atoms. The SMILES string of the molecule is COc1cc(C)ccc1C(=O)Cn1cc(Cl)c([N+](=O)[O-])n1. The van der Waals surface area contributed by atoms with Gasteiger partial charge in [-0.3, -0.25) is 4.79 Å². The van der Waals surface area contributed by atoms with E-state index < -0.39 is 10.7 Å². The maximum absolute atomic E-state index is 12.2. The molecule has 0 aliphatic carbocycles. The van der Waals surface area contributed by atoms with Gasteiger partial charge in [0.1, 0.15) is 12.3 Å². The Kier molecular flexibility index (Phi) is 4.23. The fraction of sp³-hybridized carbons (Fsp3) is 0.231. The van der Waals surface area contributed by atoms with Crippen LogP contribution in [-0.2, 0) is 6.54 Å². The summed E-state index contributed by atoms with van der Waals surface area (Å²) in [6.07, 6.45) is 1.25. The summed E-state index contributed by atoms with van der Waals surface area (Å²) in [5, 5.41) is 14.2. The maximum atomic E-state index is 12.2. The minimum atomic E-state index is -0.699. The van der Waals surface area contributed by atoms with E-state index in [1.54, 1.807) is 18.2 Å². The highest BCUT2D eigenvalue weighted by atomic mass is 35.5. The summed E-state index contributed by atoms with van der Waals surface area (Å²) in [6, 6.07) is 5.18. The van der Waals surface area contributed by atoms with Crippen molar-refractivity contribution >= 4 is 23.2 Å². The number of carbonyl (C=O) groups excluding carboxylic acids is 1. The molecule has 0 unspecified atom stereocenters. The van der Waals surface area contributed by atoms with Crippen molar-refractivity contribution in [2.45, 2.75) is 13.5 Å². The van der Waals surface area contributed by atoms with Crippen molar-refractivity contribution in [3.8, 4) is 5.75 Å². The summed E-state index contributed by atoms with van der Waals surface area (Å²) in [6.45, 7) is 1.72. The molecule has 2 rings (SSSR count). The summed E-state index contributed by atoms with van der Waals surface area (Å²) in [5.41, 5.74) is 1.35. The number of hydrogen-bond donors (Lipinski definition) is 0. The van der Waals surface area contributed by atoms with Gasteiger partial charge in [-0.05, 0) is 29.5 Å². The molecule has 7 nitrogen and oxygen atoms in total. The Morgan fingerprint density at radius 3 is 2.81 bits per heavy atom. The third-order valence-corrected chi connectivity index (χ3v) is 3.10. The summed E-state index contributed by atoms with van der Waals surface area (Å²) in [5.74, 6) is -0.297. The number of carbonyl (C=O) groups is 1. The predicted molar refractivity (Wildman–Crippen MR) is 76.0 cm³/mol. The molecule has 1 heterocycles. The standard InChI is InChI=1S/C13H12ClN3O4/c1-8-3-4-9(12(5-8)21-2)11(18)7-16-6-10(14)13(15-16)17(19)20/h3-6H,7H2,1-2H3. The molecule has 0 saturated heterocycles. The Morgan fingerprint density at radius 2 is 2.24 bits per heavy atom. The number of aromatic nitrogens is 2. The van der Waals surface area contributed by atoms with Crippen LogP contribution in [0.5, 0.6) is 5.75 Å². The van der Waals surface area contributed by atoms with E-state index in [1.807, 2.05) is 6.92 Å². The van der Waals surface area contributed by atoms with Gasteiger partial charge in [-0.25, -0.2) is 0 Å². The van der Waals surface area contributed by atoms with Crippen LogP contribution in [0, 0.1) is 17.0 Å². The number of nitro groups is 1. The molecule has 0 aliphatic rings. The topological polar surface area (TPSA) is 87.3 Å². The van der Waals surface area contributed by atoms with E-state index in [9.17, 15) is 14.9 Å². The molecule has 0 fully saturated rings. The average Bonchev–Trinajstić information content (AvgIpc) is 2.79. The number of aryl methyl sites for hydroxylation is 1. The quantitative estimate of drug-likeness (QED) is 0.481. The Labute approximate surface area is 125 Å². The number of benzene rings is 1. The van der Waals surface area contributed by atoms with Crippen LogP contribution in [-0.4, -0.2) is 27.6 Å². The van der Waals surface area contributed by atoms with E-state index in [0.29, 0.717) is 11.3 Å². The van der Waals surface area contributed by atoms with Crippen LogP contribution in [0.1, 0.15) is 15.9 Å². The number of ketones is 1. The summed E-state index contributed by atoms with van der Waals surface area (Å²) < 4.78 is 6.31. The second-order valence-corrected chi connectivity index (χ2v) is 4.79. The number of nitrogens with zero attached hydrogens (tertiary/aromatic N) is 3.